The Morgan fingerprint density at radius 3 is 2.14 bits per heavy atom. The molecule has 0 N–H and O–H groups in total. The third-order valence-electron chi connectivity index (χ3n) is 7.91. The van der Waals surface area contributed by atoms with Crippen molar-refractivity contribution < 1.29 is 18.9 Å². The minimum Gasteiger partial charge on any atom is -0.491 e. The lowest BCUT2D eigenvalue weighted by molar-refractivity contribution is 0.253. The van der Waals surface area contributed by atoms with E-state index in [4.69, 9.17) is 18.9 Å². The summed E-state index contributed by atoms with van der Waals surface area (Å²) in [5.41, 5.74) is 4.12. The van der Waals surface area contributed by atoms with Crippen LogP contribution in [0.1, 0.15) is 87.8 Å². The number of rotatable bonds is 13. The van der Waals surface area contributed by atoms with Crippen LogP contribution in [0.3, 0.4) is 0 Å². The molecule has 0 spiro atoms. The summed E-state index contributed by atoms with van der Waals surface area (Å²) in [6, 6.07) is 15.4. The molecule has 36 heavy (non-hydrogen) atoms. The van der Waals surface area contributed by atoms with Crippen molar-refractivity contribution in [3.05, 3.63) is 71.3 Å². The molecule has 1 aliphatic carbocycles. The minimum absolute atomic E-state index is 0.0846. The van der Waals surface area contributed by atoms with Crippen LogP contribution in [-0.4, -0.2) is 38.6 Å². The summed E-state index contributed by atoms with van der Waals surface area (Å²) in [5.74, 6) is 2.85. The average Bonchev–Trinajstić information content (AvgIpc) is 3.82. The molecule has 2 aromatic carbocycles. The second-order valence-corrected chi connectivity index (χ2v) is 11.3. The van der Waals surface area contributed by atoms with Gasteiger partial charge in [0.25, 0.3) is 0 Å². The maximum Gasteiger partial charge on any atom is 0.126 e. The minimum atomic E-state index is 0.0846. The van der Waals surface area contributed by atoms with Crippen LogP contribution in [0.5, 0.6) is 11.5 Å². The molecule has 2 fully saturated rings. The first kappa shape index (κ1) is 25.4. The number of unbranched alkanes of at least 4 members (excludes halogenated alkanes) is 2. The number of allylic oxidation sites excluding steroid dienone is 2. The summed E-state index contributed by atoms with van der Waals surface area (Å²) in [6.07, 6.45) is 12.6. The lowest BCUT2D eigenvalue weighted by Crippen LogP contribution is -2.21. The van der Waals surface area contributed by atoms with Crippen molar-refractivity contribution in [2.75, 3.05) is 26.4 Å². The normalized spacial score (nSPS) is 25.0. The van der Waals surface area contributed by atoms with E-state index in [2.05, 4.69) is 75.4 Å². The molecule has 4 nitrogen and oxygen atoms in total. The molecule has 2 saturated heterocycles. The number of hydrogen-bond donors (Lipinski definition) is 0. The van der Waals surface area contributed by atoms with E-state index in [0.29, 0.717) is 25.0 Å². The highest BCUT2D eigenvalue weighted by Gasteiger charge is 2.31. The molecule has 0 aromatic heterocycles. The molecule has 3 aliphatic rings. The molecule has 0 saturated carbocycles. The Labute approximate surface area is 217 Å². The van der Waals surface area contributed by atoms with Crippen molar-refractivity contribution in [1.82, 2.24) is 0 Å². The zero-order chi connectivity index (χ0) is 25.0. The van der Waals surface area contributed by atoms with E-state index in [9.17, 15) is 0 Å². The molecule has 0 radical (unpaired) electrons. The third-order valence-corrected chi connectivity index (χ3v) is 7.91. The summed E-state index contributed by atoms with van der Waals surface area (Å²) >= 11 is 0. The summed E-state index contributed by atoms with van der Waals surface area (Å²) in [5, 5.41) is 0. The molecular formula is C32H42O4. The topological polar surface area (TPSA) is 43.5 Å². The first-order valence-corrected chi connectivity index (χ1v) is 13.9. The van der Waals surface area contributed by atoms with Crippen molar-refractivity contribution >= 4 is 0 Å². The Balaban J connectivity index is 1.31. The van der Waals surface area contributed by atoms with Gasteiger partial charge in [0.2, 0.25) is 0 Å². The van der Waals surface area contributed by atoms with Gasteiger partial charge in [-0.3, -0.25) is 0 Å². The Bertz CT molecular complexity index is 1020. The molecule has 4 atom stereocenters. The third kappa shape index (κ3) is 6.52. The van der Waals surface area contributed by atoms with Crippen LogP contribution in [-0.2, 0) is 14.9 Å². The first-order valence-electron chi connectivity index (χ1n) is 13.9. The van der Waals surface area contributed by atoms with E-state index in [1.165, 1.54) is 42.4 Å². The zero-order valence-corrected chi connectivity index (χ0v) is 22.2. The number of ether oxygens (including phenoxy) is 4. The van der Waals surface area contributed by atoms with Gasteiger partial charge in [0.15, 0.2) is 0 Å². The lowest BCUT2D eigenvalue weighted by atomic mass is 9.76. The predicted molar refractivity (Wildman–Crippen MR) is 144 cm³/mol. The van der Waals surface area contributed by atoms with E-state index in [-0.39, 0.29) is 17.6 Å². The quantitative estimate of drug-likeness (QED) is 0.168. The van der Waals surface area contributed by atoms with Crippen molar-refractivity contribution in [3.8, 4) is 11.5 Å². The van der Waals surface area contributed by atoms with Crippen molar-refractivity contribution in [2.24, 2.45) is 0 Å². The van der Waals surface area contributed by atoms with E-state index in [0.717, 1.165) is 37.6 Å². The van der Waals surface area contributed by atoms with Crippen LogP contribution in [0.25, 0.3) is 0 Å². The van der Waals surface area contributed by atoms with Gasteiger partial charge in [-0.1, -0.05) is 82.5 Å². The number of benzene rings is 2. The van der Waals surface area contributed by atoms with Gasteiger partial charge in [-0.25, -0.2) is 0 Å². The van der Waals surface area contributed by atoms with E-state index >= 15 is 0 Å². The van der Waals surface area contributed by atoms with Gasteiger partial charge in [-0.2, -0.15) is 0 Å². The van der Waals surface area contributed by atoms with Crippen LogP contribution in [0.4, 0.5) is 0 Å². The van der Waals surface area contributed by atoms with E-state index in [1.54, 1.807) is 0 Å². The van der Waals surface area contributed by atoms with Crippen LogP contribution in [0.15, 0.2) is 54.6 Å². The van der Waals surface area contributed by atoms with Gasteiger partial charge in [0, 0.05) is 23.0 Å². The number of epoxide rings is 2. The second kappa shape index (κ2) is 11.4. The Morgan fingerprint density at radius 1 is 0.833 bits per heavy atom. The molecule has 0 amide bonds. The van der Waals surface area contributed by atoms with Crippen molar-refractivity contribution in [2.45, 2.75) is 88.8 Å². The van der Waals surface area contributed by atoms with E-state index < -0.39 is 0 Å². The molecule has 0 bridgehead atoms. The SMILES string of the molecule is CCCCCC(C)(C)c1cccc(C2C=CC(c3ccc(OCC4CO4)cc3)CC2)c1OCC1CO1. The largest absolute Gasteiger partial charge is 0.491 e. The van der Waals surface area contributed by atoms with Gasteiger partial charge < -0.3 is 18.9 Å². The fourth-order valence-electron chi connectivity index (χ4n) is 5.35. The predicted octanol–water partition coefficient (Wildman–Crippen LogP) is 7.32. The highest BCUT2D eigenvalue weighted by Crippen LogP contribution is 2.44. The smallest absolute Gasteiger partial charge is 0.126 e. The fourth-order valence-corrected chi connectivity index (χ4v) is 5.35. The maximum atomic E-state index is 6.53. The Kier molecular flexibility index (Phi) is 8.03. The summed E-state index contributed by atoms with van der Waals surface area (Å²) < 4.78 is 23.0. The van der Waals surface area contributed by atoms with Gasteiger partial charge in [-0.15, -0.1) is 0 Å². The zero-order valence-electron chi connectivity index (χ0n) is 22.2. The molecule has 194 valence electrons. The Morgan fingerprint density at radius 2 is 1.50 bits per heavy atom. The molecule has 2 aliphatic heterocycles. The van der Waals surface area contributed by atoms with Gasteiger partial charge in [0.05, 0.1) is 13.2 Å². The molecule has 4 unspecified atom stereocenters. The Hall–Kier alpha value is -2.30. The summed E-state index contributed by atoms with van der Waals surface area (Å²) in [4.78, 5) is 0. The summed E-state index contributed by atoms with van der Waals surface area (Å²) in [6.45, 7) is 9.96. The second-order valence-electron chi connectivity index (χ2n) is 11.3. The molecule has 5 rings (SSSR count). The van der Waals surface area contributed by atoms with Crippen LogP contribution >= 0.6 is 0 Å². The lowest BCUT2D eigenvalue weighted by Gasteiger charge is -2.31. The van der Waals surface area contributed by atoms with Crippen molar-refractivity contribution in [3.63, 3.8) is 0 Å². The molecular weight excluding hydrogens is 448 g/mol. The first-order chi connectivity index (χ1) is 17.5. The standard InChI is InChI=1S/C32H42O4/c1-4-5-6-18-32(2,3)30-9-7-8-29(31(30)36-22-28-21-35-28)25-12-10-23(11-13-25)24-14-16-26(17-15-24)33-19-27-20-34-27/h7-10,12,14-17,23,25,27-28H,4-6,11,13,18-22H2,1-3H3. The number of para-hydroxylation sites is 1. The molecule has 2 heterocycles. The summed E-state index contributed by atoms with van der Waals surface area (Å²) in [7, 11) is 0. The van der Waals surface area contributed by atoms with Crippen LogP contribution in [0.2, 0.25) is 0 Å². The monoisotopic (exact) mass is 490 g/mol. The highest BCUT2D eigenvalue weighted by molar-refractivity contribution is 5.49. The molecule has 4 heteroatoms. The number of hydrogen-bond acceptors (Lipinski definition) is 4. The highest BCUT2D eigenvalue weighted by atomic mass is 16.6. The van der Waals surface area contributed by atoms with Gasteiger partial charge >= 0.3 is 0 Å². The van der Waals surface area contributed by atoms with E-state index in [1.807, 2.05) is 0 Å². The fraction of sp³-hybridized carbons (Fsp3) is 0.562. The van der Waals surface area contributed by atoms with Gasteiger partial charge in [-0.05, 0) is 42.4 Å². The average molecular weight is 491 g/mol. The van der Waals surface area contributed by atoms with Crippen LogP contribution < -0.4 is 9.47 Å². The molecule has 2 aromatic rings. The van der Waals surface area contributed by atoms with Crippen LogP contribution in [0, 0.1) is 0 Å². The maximum absolute atomic E-state index is 6.53. The van der Waals surface area contributed by atoms with Crippen molar-refractivity contribution in [1.29, 1.82) is 0 Å². The van der Waals surface area contributed by atoms with Gasteiger partial charge in [0.1, 0.15) is 36.9 Å².